The van der Waals surface area contributed by atoms with Gasteiger partial charge in [-0.15, -0.1) is 0 Å². The number of ether oxygens (including phenoxy) is 1. The van der Waals surface area contributed by atoms with E-state index in [1.54, 1.807) is 7.11 Å². The fourth-order valence-electron chi connectivity index (χ4n) is 1.55. The summed E-state index contributed by atoms with van der Waals surface area (Å²) >= 11 is 0. The van der Waals surface area contributed by atoms with E-state index in [9.17, 15) is 4.39 Å². The largest absolute Gasteiger partial charge is 0.385 e. The van der Waals surface area contributed by atoms with Crippen LogP contribution in [-0.4, -0.2) is 13.7 Å². The van der Waals surface area contributed by atoms with Crippen molar-refractivity contribution in [3.05, 3.63) is 35.1 Å². The molecule has 1 unspecified atom stereocenters. The third-order valence-electron chi connectivity index (χ3n) is 2.28. The fraction of sp³-hybridized carbons (Fsp3) is 0.455. The number of benzene rings is 1. The van der Waals surface area contributed by atoms with Crippen LogP contribution in [0.5, 0.6) is 0 Å². The lowest BCUT2D eigenvalue weighted by Crippen LogP contribution is -2.29. The van der Waals surface area contributed by atoms with E-state index in [2.05, 4.69) is 5.43 Å². The molecule has 0 fully saturated rings. The summed E-state index contributed by atoms with van der Waals surface area (Å²) in [4.78, 5) is 0. The number of aryl methyl sites for hydroxylation is 1. The van der Waals surface area contributed by atoms with E-state index < -0.39 is 0 Å². The first-order valence-electron chi connectivity index (χ1n) is 4.89. The van der Waals surface area contributed by atoms with Crippen LogP contribution in [0.1, 0.15) is 23.6 Å². The number of hydrazine groups is 1. The number of halogens is 1. The predicted octanol–water partition coefficient (Wildman–Crippen LogP) is 1.68. The van der Waals surface area contributed by atoms with Crippen LogP contribution in [0.15, 0.2) is 18.2 Å². The third-order valence-corrected chi connectivity index (χ3v) is 2.28. The van der Waals surface area contributed by atoms with Crippen molar-refractivity contribution in [1.82, 2.24) is 5.43 Å². The second-order valence-electron chi connectivity index (χ2n) is 3.56. The van der Waals surface area contributed by atoms with Crippen LogP contribution >= 0.6 is 0 Å². The monoisotopic (exact) mass is 212 g/mol. The molecule has 84 valence electrons. The van der Waals surface area contributed by atoms with Crippen LogP contribution in [0.4, 0.5) is 4.39 Å². The van der Waals surface area contributed by atoms with Crippen molar-refractivity contribution in [3.8, 4) is 0 Å². The molecule has 0 aliphatic heterocycles. The molecule has 1 aromatic rings. The Morgan fingerprint density at radius 2 is 2.20 bits per heavy atom. The Kier molecular flexibility index (Phi) is 4.68. The lowest BCUT2D eigenvalue weighted by Gasteiger charge is -2.16. The number of methoxy groups -OCH3 is 1. The predicted molar refractivity (Wildman–Crippen MR) is 57.7 cm³/mol. The summed E-state index contributed by atoms with van der Waals surface area (Å²) in [6.07, 6.45) is 0.718. The molecular formula is C11H17FN2O. The van der Waals surface area contributed by atoms with E-state index in [1.807, 2.05) is 13.0 Å². The molecule has 1 atom stereocenters. The molecule has 0 radical (unpaired) electrons. The minimum Gasteiger partial charge on any atom is -0.385 e. The van der Waals surface area contributed by atoms with Crippen molar-refractivity contribution in [2.24, 2.45) is 5.84 Å². The first kappa shape index (κ1) is 12.1. The molecule has 0 spiro atoms. The maximum atomic E-state index is 13.1. The Bertz CT molecular complexity index is 297. The molecule has 3 N–H and O–H groups in total. The normalized spacial score (nSPS) is 12.8. The average Bonchev–Trinajstić information content (AvgIpc) is 2.17. The first-order valence-corrected chi connectivity index (χ1v) is 4.89. The van der Waals surface area contributed by atoms with Gasteiger partial charge in [0.2, 0.25) is 0 Å². The van der Waals surface area contributed by atoms with Crippen LogP contribution < -0.4 is 11.3 Å². The van der Waals surface area contributed by atoms with Crippen LogP contribution in [0.3, 0.4) is 0 Å². The van der Waals surface area contributed by atoms with Gasteiger partial charge in [-0.05, 0) is 36.6 Å². The van der Waals surface area contributed by atoms with Gasteiger partial charge in [0.25, 0.3) is 0 Å². The smallest absolute Gasteiger partial charge is 0.123 e. The Morgan fingerprint density at radius 1 is 1.47 bits per heavy atom. The molecule has 1 rings (SSSR count). The number of nitrogens with one attached hydrogen (secondary N) is 1. The summed E-state index contributed by atoms with van der Waals surface area (Å²) in [6.45, 7) is 2.45. The molecule has 0 saturated carbocycles. The third kappa shape index (κ3) is 3.58. The summed E-state index contributed by atoms with van der Waals surface area (Å²) in [5, 5.41) is 0. The highest BCUT2D eigenvalue weighted by atomic mass is 19.1. The fourth-order valence-corrected chi connectivity index (χ4v) is 1.55. The SMILES string of the molecule is COCCC(NN)c1cc(C)cc(F)c1. The van der Waals surface area contributed by atoms with Gasteiger partial charge < -0.3 is 4.74 Å². The van der Waals surface area contributed by atoms with E-state index in [4.69, 9.17) is 10.6 Å². The van der Waals surface area contributed by atoms with Crippen molar-refractivity contribution >= 4 is 0 Å². The van der Waals surface area contributed by atoms with Crippen LogP contribution in [0.25, 0.3) is 0 Å². The average molecular weight is 212 g/mol. The summed E-state index contributed by atoms with van der Waals surface area (Å²) in [7, 11) is 1.63. The summed E-state index contributed by atoms with van der Waals surface area (Å²) in [5.74, 6) is 5.18. The topological polar surface area (TPSA) is 47.3 Å². The highest BCUT2D eigenvalue weighted by Crippen LogP contribution is 2.18. The second kappa shape index (κ2) is 5.80. The molecule has 4 heteroatoms. The second-order valence-corrected chi connectivity index (χ2v) is 3.56. The molecule has 15 heavy (non-hydrogen) atoms. The van der Waals surface area contributed by atoms with Gasteiger partial charge in [-0.3, -0.25) is 11.3 Å². The molecule has 0 amide bonds. The molecule has 1 aromatic carbocycles. The number of hydrogen-bond donors (Lipinski definition) is 2. The van der Waals surface area contributed by atoms with Gasteiger partial charge in [-0.25, -0.2) is 4.39 Å². The lowest BCUT2D eigenvalue weighted by molar-refractivity contribution is 0.183. The highest BCUT2D eigenvalue weighted by Gasteiger charge is 2.10. The molecule has 0 aliphatic carbocycles. The van der Waals surface area contributed by atoms with Crippen molar-refractivity contribution < 1.29 is 9.13 Å². The maximum absolute atomic E-state index is 13.1. The van der Waals surface area contributed by atoms with Gasteiger partial charge in [0.15, 0.2) is 0 Å². The first-order chi connectivity index (χ1) is 7.17. The van der Waals surface area contributed by atoms with Gasteiger partial charge >= 0.3 is 0 Å². The van der Waals surface area contributed by atoms with Gasteiger partial charge in [0.05, 0.1) is 0 Å². The Morgan fingerprint density at radius 3 is 2.73 bits per heavy atom. The minimum absolute atomic E-state index is 0.0700. The number of hydrogen-bond acceptors (Lipinski definition) is 3. The molecule has 0 saturated heterocycles. The number of rotatable bonds is 5. The molecule has 0 aromatic heterocycles. The van der Waals surface area contributed by atoms with E-state index in [0.29, 0.717) is 6.61 Å². The van der Waals surface area contributed by atoms with Gasteiger partial charge in [0, 0.05) is 19.8 Å². The van der Waals surface area contributed by atoms with Crippen LogP contribution in [0, 0.1) is 12.7 Å². The molecule has 0 bridgehead atoms. The van der Waals surface area contributed by atoms with Gasteiger partial charge in [-0.2, -0.15) is 0 Å². The maximum Gasteiger partial charge on any atom is 0.123 e. The zero-order valence-corrected chi connectivity index (χ0v) is 9.09. The molecule has 0 heterocycles. The van der Waals surface area contributed by atoms with E-state index in [0.717, 1.165) is 17.5 Å². The Balaban J connectivity index is 2.81. The van der Waals surface area contributed by atoms with Crippen LogP contribution in [0.2, 0.25) is 0 Å². The Hall–Kier alpha value is -0.970. The van der Waals surface area contributed by atoms with Crippen LogP contribution in [-0.2, 0) is 4.74 Å². The zero-order valence-electron chi connectivity index (χ0n) is 9.09. The van der Waals surface area contributed by atoms with E-state index in [-0.39, 0.29) is 11.9 Å². The lowest BCUT2D eigenvalue weighted by atomic mass is 10.0. The van der Waals surface area contributed by atoms with Crippen molar-refractivity contribution in [1.29, 1.82) is 0 Å². The van der Waals surface area contributed by atoms with Crippen molar-refractivity contribution in [2.45, 2.75) is 19.4 Å². The minimum atomic E-state index is -0.234. The van der Waals surface area contributed by atoms with E-state index in [1.165, 1.54) is 12.1 Å². The molecule has 3 nitrogen and oxygen atoms in total. The van der Waals surface area contributed by atoms with Gasteiger partial charge in [-0.1, -0.05) is 6.07 Å². The Labute approximate surface area is 89.4 Å². The number of nitrogens with two attached hydrogens (primary N) is 1. The quantitative estimate of drug-likeness (QED) is 0.576. The summed E-state index contributed by atoms with van der Waals surface area (Å²) in [5.41, 5.74) is 4.41. The standard InChI is InChI=1S/C11H17FN2O/c1-8-5-9(7-10(12)6-8)11(14-13)3-4-15-2/h5-7,11,14H,3-4,13H2,1-2H3. The van der Waals surface area contributed by atoms with E-state index >= 15 is 0 Å². The molecular weight excluding hydrogens is 195 g/mol. The summed E-state index contributed by atoms with van der Waals surface area (Å²) in [6, 6.07) is 4.84. The van der Waals surface area contributed by atoms with Crippen molar-refractivity contribution in [2.75, 3.05) is 13.7 Å². The van der Waals surface area contributed by atoms with Gasteiger partial charge in [0.1, 0.15) is 5.82 Å². The van der Waals surface area contributed by atoms with Crippen molar-refractivity contribution in [3.63, 3.8) is 0 Å². The summed E-state index contributed by atoms with van der Waals surface area (Å²) < 4.78 is 18.1. The highest BCUT2D eigenvalue weighted by molar-refractivity contribution is 5.26. The molecule has 0 aliphatic rings. The zero-order chi connectivity index (χ0) is 11.3.